The predicted molar refractivity (Wildman–Crippen MR) is 82.6 cm³/mol. The van der Waals surface area contributed by atoms with Gasteiger partial charge in [0.2, 0.25) is 0 Å². The first-order chi connectivity index (χ1) is 10.6. The summed E-state index contributed by atoms with van der Waals surface area (Å²) >= 11 is 0. The highest BCUT2D eigenvalue weighted by molar-refractivity contribution is 5.74. The lowest BCUT2D eigenvalue weighted by Gasteiger charge is -2.16. The molecule has 0 saturated heterocycles. The molecule has 2 rings (SSSR count). The molecular formula is C15H21N5O2. The van der Waals surface area contributed by atoms with Gasteiger partial charge < -0.3 is 15.7 Å². The monoisotopic (exact) mass is 303 g/mol. The van der Waals surface area contributed by atoms with Crippen LogP contribution in [-0.4, -0.2) is 38.8 Å². The zero-order chi connectivity index (χ0) is 15.9. The van der Waals surface area contributed by atoms with Gasteiger partial charge >= 0.3 is 6.03 Å². The Bertz CT molecular complexity index is 599. The first kappa shape index (κ1) is 16.0. The Morgan fingerprint density at radius 3 is 2.68 bits per heavy atom. The number of nitrogens with one attached hydrogen (secondary N) is 2. The number of carbonyl (C=O) groups is 1. The summed E-state index contributed by atoms with van der Waals surface area (Å²) in [5.74, 6) is 0. The molecule has 1 aromatic carbocycles. The number of amides is 2. The van der Waals surface area contributed by atoms with Crippen LogP contribution in [0.15, 0.2) is 36.5 Å². The van der Waals surface area contributed by atoms with Gasteiger partial charge in [-0.1, -0.05) is 23.4 Å². The van der Waals surface area contributed by atoms with Crippen molar-refractivity contribution in [3.8, 4) is 5.69 Å². The van der Waals surface area contributed by atoms with E-state index in [1.807, 2.05) is 44.2 Å². The molecule has 0 aliphatic rings. The maximum absolute atomic E-state index is 11.8. The SMILES string of the molecule is CC(NC(=O)N[C@H](C)CCO)c1cn(-c2ccccc2)nn1. The standard InChI is InChI=1S/C15H21N5O2/c1-11(8-9-21)16-15(22)17-12(2)14-10-20(19-18-14)13-6-4-3-5-7-13/h3-7,10-12,21H,8-9H2,1-2H3,(H2,16,17,22)/t11-,12?/m1/s1. The molecule has 3 N–H and O–H groups in total. The summed E-state index contributed by atoms with van der Waals surface area (Å²) in [5, 5.41) is 22.5. The van der Waals surface area contributed by atoms with Gasteiger partial charge in [-0.2, -0.15) is 0 Å². The fourth-order valence-electron chi connectivity index (χ4n) is 1.98. The fourth-order valence-corrected chi connectivity index (χ4v) is 1.98. The van der Waals surface area contributed by atoms with Crippen LogP contribution in [0.25, 0.3) is 5.69 Å². The van der Waals surface area contributed by atoms with Crippen molar-refractivity contribution in [3.05, 3.63) is 42.2 Å². The third-order valence-electron chi connectivity index (χ3n) is 3.26. The number of nitrogens with zero attached hydrogens (tertiary/aromatic N) is 3. The van der Waals surface area contributed by atoms with Crippen LogP contribution in [0.5, 0.6) is 0 Å². The fraction of sp³-hybridized carbons (Fsp3) is 0.400. The quantitative estimate of drug-likeness (QED) is 0.752. The second kappa shape index (κ2) is 7.56. The number of aromatic nitrogens is 3. The van der Waals surface area contributed by atoms with E-state index in [4.69, 9.17) is 5.11 Å². The average Bonchev–Trinajstić information content (AvgIpc) is 2.98. The van der Waals surface area contributed by atoms with E-state index < -0.39 is 0 Å². The molecule has 0 saturated carbocycles. The second-order valence-corrected chi connectivity index (χ2v) is 5.18. The van der Waals surface area contributed by atoms with Crippen LogP contribution in [0.2, 0.25) is 0 Å². The molecule has 0 fully saturated rings. The van der Waals surface area contributed by atoms with Gasteiger partial charge in [0, 0.05) is 12.6 Å². The first-order valence-corrected chi connectivity index (χ1v) is 7.25. The highest BCUT2D eigenvalue weighted by atomic mass is 16.3. The summed E-state index contributed by atoms with van der Waals surface area (Å²) in [6, 6.07) is 9.00. The van der Waals surface area contributed by atoms with Crippen LogP contribution in [0.4, 0.5) is 4.79 Å². The maximum Gasteiger partial charge on any atom is 0.315 e. The van der Waals surface area contributed by atoms with Gasteiger partial charge in [-0.25, -0.2) is 9.48 Å². The minimum atomic E-state index is -0.289. The van der Waals surface area contributed by atoms with Crippen molar-refractivity contribution in [1.82, 2.24) is 25.6 Å². The Morgan fingerprint density at radius 1 is 1.27 bits per heavy atom. The van der Waals surface area contributed by atoms with E-state index in [1.165, 1.54) is 0 Å². The number of benzene rings is 1. The van der Waals surface area contributed by atoms with Gasteiger partial charge in [0.15, 0.2) is 0 Å². The molecule has 118 valence electrons. The molecule has 1 unspecified atom stereocenters. The lowest BCUT2D eigenvalue weighted by Crippen LogP contribution is -2.42. The summed E-state index contributed by atoms with van der Waals surface area (Å²) in [5.41, 5.74) is 1.59. The van der Waals surface area contributed by atoms with Crippen LogP contribution in [0, 0.1) is 0 Å². The molecule has 0 bridgehead atoms. The highest BCUT2D eigenvalue weighted by Crippen LogP contribution is 2.11. The van der Waals surface area contributed by atoms with Gasteiger partial charge in [0.05, 0.1) is 17.9 Å². The summed E-state index contributed by atoms with van der Waals surface area (Å²) < 4.78 is 1.67. The minimum Gasteiger partial charge on any atom is -0.396 e. The van der Waals surface area contributed by atoms with E-state index in [2.05, 4.69) is 20.9 Å². The third-order valence-corrected chi connectivity index (χ3v) is 3.26. The van der Waals surface area contributed by atoms with Gasteiger partial charge in [0.25, 0.3) is 0 Å². The van der Waals surface area contributed by atoms with Crippen LogP contribution < -0.4 is 10.6 Å². The van der Waals surface area contributed by atoms with Gasteiger partial charge in [-0.3, -0.25) is 0 Å². The van der Waals surface area contributed by atoms with Gasteiger partial charge in [-0.15, -0.1) is 5.10 Å². The van der Waals surface area contributed by atoms with E-state index in [0.29, 0.717) is 12.1 Å². The molecule has 0 aliphatic heterocycles. The van der Waals surface area contributed by atoms with E-state index in [9.17, 15) is 4.79 Å². The molecule has 1 aromatic heterocycles. The summed E-state index contributed by atoms with van der Waals surface area (Å²) in [6.45, 7) is 3.73. The third kappa shape index (κ3) is 4.29. The first-order valence-electron chi connectivity index (χ1n) is 7.25. The van der Waals surface area contributed by atoms with Crippen molar-refractivity contribution in [2.75, 3.05) is 6.61 Å². The summed E-state index contributed by atoms with van der Waals surface area (Å²) in [4.78, 5) is 11.8. The molecule has 2 atom stereocenters. The molecule has 7 heteroatoms. The molecule has 0 aliphatic carbocycles. The van der Waals surface area contributed by atoms with Crippen LogP contribution in [-0.2, 0) is 0 Å². The molecule has 0 spiro atoms. The van der Waals surface area contributed by atoms with Crippen molar-refractivity contribution < 1.29 is 9.90 Å². The molecule has 2 aromatic rings. The van der Waals surface area contributed by atoms with Gasteiger partial charge in [0.1, 0.15) is 5.69 Å². The van der Waals surface area contributed by atoms with Crippen molar-refractivity contribution in [2.24, 2.45) is 0 Å². The number of urea groups is 1. The lowest BCUT2D eigenvalue weighted by atomic mass is 10.2. The Morgan fingerprint density at radius 2 is 2.00 bits per heavy atom. The predicted octanol–water partition coefficient (Wildman–Crippen LogP) is 1.40. The number of carbonyl (C=O) groups excluding carboxylic acids is 1. The summed E-state index contributed by atoms with van der Waals surface area (Å²) in [6.07, 6.45) is 2.31. The second-order valence-electron chi connectivity index (χ2n) is 5.18. The van der Waals surface area contributed by atoms with Crippen LogP contribution >= 0.6 is 0 Å². The number of para-hydroxylation sites is 1. The molecular weight excluding hydrogens is 282 g/mol. The Kier molecular flexibility index (Phi) is 5.48. The molecule has 7 nitrogen and oxygen atoms in total. The number of aliphatic hydroxyl groups is 1. The largest absolute Gasteiger partial charge is 0.396 e. The van der Waals surface area contributed by atoms with E-state index in [0.717, 1.165) is 5.69 Å². The zero-order valence-corrected chi connectivity index (χ0v) is 12.7. The average molecular weight is 303 g/mol. The minimum absolute atomic E-state index is 0.0440. The van der Waals surface area contributed by atoms with E-state index in [-0.39, 0.29) is 24.7 Å². The molecule has 0 radical (unpaired) electrons. The number of rotatable bonds is 6. The van der Waals surface area contributed by atoms with Crippen molar-refractivity contribution in [3.63, 3.8) is 0 Å². The molecule has 1 heterocycles. The molecule has 2 amide bonds. The van der Waals surface area contributed by atoms with Crippen molar-refractivity contribution >= 4 is 6.03 Å². The maximum atomic E-state index is 11.8. The number of aliphatic hydroxyl groups excluding tert-OH is 1. The number of hydrogen-bond donors (Lipinski definition) is 3. The zero-order valence-electron chi connectivity index (χ0n) is 12.7. The smallest absolute Gasteiger partial charge is 0.315 e. The van der Waals surface area contributed by atoms with Crippen molar-refractivity contribution in [2.45, 2.75) is 32.4 Å². The highest BCUT2D eigenvalue weighted by Gasteiger charge is 2.14. The topological polar surface area (TPSA) is 92.1 Å². The Labute approximate surface area is 129 Å². The van der Waals surface area contributed by atoms with Crippen LogP contribution in [0.3, 0.4) is 0 Å². The van der Waals surface area contributed by atoms with Crippen molar-refractivity contribution in [1.29, 1.82) is 0 Å². The van der Waals surface area contributed by atoms with E-state index >= 15 is 0 Å². The molecule has 22 heavy (non-hydrogen) atoms. The number of hydrogen-bond acceptors (Lipinski definition) is 4. The summed E-state index contributed by atoms with van der Waals surface area (Å²) in [7, 11) is 0. The van der Waals surface area contributed by atoms with E-state index in [1.54, 1.807) is 10.9 Å². The van der Waals surface area contributed by atoms with Gasteiger partial charge in [-0.05, 0) is 32.4 Å². The normalized spacial score (nSPS) is 13.4. The Balaban J connectivity index is 1.94. The lowest BCUT2D eigenvalue weighted by molar-refractivity contribution is 0.228. The van der Waals surface area contributed by atoms with Crippen LogP contribution in [0.1, 0.15) is 32.0 Å². The Hall–Kier alpha value is -2.41.